The summed E-state index contributed by atoms with van der Waals surface area (Å²) in [5.41, 5.74) is 5.59. The van der Waals surface area contributed by atoms with Gasteiger partial charge in [0.15, 0.2) is 0 Å². The molecule has 0 fully saturated rings. The minimum atomic E-state index is -1.31. The number of halogens is 1. The Hall–Kier alpha value is -2.27. The van der Waals surface area contributed by atoms with Crippen molar-refractivity contribution in [3.63, 3.8) is 0 Å². The van der Waals surface area contributed by atoms with E-state index in [0.717, 1.165) is 5.69 Å². The second kappa shape index (κ2) is 6.45. The maximum absolute atomic E-state index is 13.4. The fraction of sp³-hybridized carbons (Fsp3) is 0.250. The van der Waals surface area contributed by atoms with Gasteiger partial charge in [0.1, 0.15) is 11.2 Å². The first-order chi connectivity index (χ1) is 10.1. The topological polar surface area (TPSA) is 76.2 Å². The van der Waals surface area contributed by atoms with Crippen LogP contribution in [0, 0.1) is 5.82 Å². The summed E-state index contributed by atoms with van der Waals surface area (Å²) in [4.78, 5) is 15.9. The van der Waals surface area contributed by atoms with Crippen LogP contribution in [0.3, 0.4) is 0 Å². The van der Waals surface area contributed by atoms with E-state index < -0.39 is 17.2 Å². The van der Waals surface area contributed by atoms with Gasteiger partial charge >= 0.3 is 5.97 Å². The zero-order valence-corrected chi connectivity index (χ0v) is 11.5. The Kier molecular flexibility index (Phi) is 4.65. The number of carboxylic acid groups (broad SMARTS) is 1. The molecule has 0 amide bonds. The number of benzene rings is 1. The molecule has 0 radical (unpaired) electrons. The summed E-state index contributed by atoms with van der Waals surface area (Å²) in [7, 11) is 0. The van der Waals surface area contributed by atoms with E-state index in [-0.39, 0.29) is 13.0 Å². The predicted molar refractivity (Wildman–Crippen MR) is 77.3 cm³/mol. The molecule has 0 aliphatic carbocycles. The van der Waals surface area contributed by atoms with Gasteiger partial charge in [0.25, 0.3) is 0 Å². The van der Waals surface area contributed by atoms with Gasteiger partial charge in [0, 0.05) is 18.4 Å². The van der Waals surface area contributed by atoms with Crippen molar-refractivity contribution in [2.75, 3.05) is 6.54 Å². The van der Waals surface area contributed by atoms with Crippen LogP contribution in [0.2, 0.25) is 0 Å². The van der Waals surface area contributed by atoms with Crippen LogP contribution < -0.4 is 5.73 Å². The zero-order chi connectivity index (χ0) is 15.3. The molecule has 0 saturated heterocycles. The minimum Gasteiger partial charge on any atom is -0.481 e. The Balaban J connectivity index is 2.31. The molecule has 2 aromatic rings. The van der Waals surface area contributed by atoms with E-state index in [0.29, 0.717) is 12.0 Å². The second-order valence-corrected chi connectivity index (χ2v) is 4.92. The molecule has 1 heterocycles. The highest BCUT2D eigenvalue weighted by Gasteiger charge is 2.39. The molecule has 0 aliphatic heterocycles. The van der Waals surface area contributed by atoms with Gasteiger partial charge in [-0.2, -0.15) is 0 Å². The van der Waals surface area contributed by atoms with Gasteiger partial charge in [-0.15, -0.1) is 0 Å². The maximum Gasteiger partial charge on any atom is 0.315 e. The number of rotatable bonds is 6. The standard InChI is InChI=1S/C16H17FN2O2/c17-13-5-3-4-12(10-13)16(11-18,15(20)21)8-7-14-6-1-2-9-19-14/h1-6,9-10H,7-8,11,18H2,(H,20,21). The summed E-state index contributed by atoms with van der Waals surface area (Å²) in [6, 6.07) is 11.1. The number of aliphatic carboxylic acids is 1. The fourth-order valence-electron chi connectivity index (χ4n) is 2.36. The lowest BCUT2D eigenvalue weighted by Gasteiger charge is -2.28. The smallest absolute Gasteiger partial charge is 0.315 e. The summed E-state index contributed by atoms with van der Waals surface area (Å²) in [5.74, 6) is -1.52. The molecular formula is C16H17FN2O2. The summed E-state index contributed by atoms with van der Waals surface area (Å²) >= 11 is 0. The minimum absolute atomic E-state index is 0.0986. The summed E-state index contributed by atoms with van der Waals surface area (Å²) in [5, 5.41) is 9.62. The molecule has 0 spiro atoms. The third-order valence-corrected chi connectivity index (χ3v) is 3.67. The number of nitrogens with zero attached hydrogens (tertiary/aromatic N) is 1. The third-order valence-electron chi connectivity index (χ3n) is 3.67. The van der Waals surface area contributed by atoms with Crippen molar-refractivity contribution < 1.29 is 14.3 Å². The van der Waals surface area contributed by atoms with Crippen molar-refractivity contribution in [1.82, 2.24) is 4.98 Å². The monoisotopic (exact) mass is 288 g/mol. The number of hydrogen-bond acceptors (Lipinski definition) is 3. The van der Waals surface area contributed by atoms with E-state index in [4.69, 9.17) is 5.73 Å². The lowest BCUT2D eigenvalue weighted by atomic mass is 9.76. The van der Waals surface area contributed by atoms with E-state index in [1.807, 2.05) is 12.1 Å². The first-order valence-corrected chi connectivity index (χ1v) is 6.68. The van der Waals surface area contributed by atoms with Crippen LogP contribution >= 0.6 is 0 Å². The number of aryl methyl sites for hydroxylation is 1. The number of nitrogens with two attached hydrogens (primary N) is 1. The molecule has 4 nitrogen and oxygen atoms in total. The highest BCUT2D eigenvalue weighted by molar-refractivity contribution is 5.81. The molecule has 110 valence electrons. The van der Waals surface area contributed by atoms with Crippen molar-refractivity contribution >= 4 is 5.97 Å². The maximum atomic E-state index is 13.4. The van der Waals surface area contributed by atoms with Crippen molar-refractivity contribution in [3.8, 4) is 0 Å². The van der Waals surface area contributed by atoms with E-state index in [1.54, 1.807) is 18.3 Å². The average molecular weight is 288 g/mol. The number of aromatic nitrogens is 1. The number of carbonyl (C=O) groups is 1. The van der Waals surface area contributed by atoms with Crippen molar-refractivity contribution in [2.24, 2.45) is 5.73 Å². The molecule has 3 N–H and O–H groups in total. The van der Waals surface area contributed by atoms with Gasteiger partial charge in [-0.3, -0.25) is 9.78 Å². The van der Waals surface area contributed by atoms with E-state index in [2.05, 4.69) is 4.98 Å². The molecule has 5 heteroatoms. The summed E-state index contributed by atoms with van der Waals surface area (Å²) < 4.78 is 13.4. The highest BCUT2D eigenvalue weighted by atomic mass is 19.1. The van der Waals surface area contributed by atoms with Gasteiger partial charge in [-0.25, -0.2) is 4.39 Å². The van der Waals surface area contributed by atoms with Crippen LogP contribution in [0.5, 0.6) is 0 Å². The number of pyridine rings is 1. The molecular weight excluding hydrogens is 271 g/mol. The number of hydrogen-bond donors (Lipinski definition) is 2. The highest BCUT2D eigenvalue weighted by Crippen LogP contribution is 2.29. The fourth-order valence-corrected chi connectivity index (χ4v) is 2.36. The molecule has 0 aliphatic rings. The van der Waals surface area contributed by atoms with Crippen molar-refractivity contribution in [2.45, 2.75) is 18.3 Å². The Morgan fingerprint density at radius 3 is 2.67 bits per heavy atom. The van der Waals surface area contributed by atoms with Crippen molar-refractivity contribution in [3.05, 3.63) is 65.7 Å². The molecule has 0 saturated carbocycles. The molecule has 2 rings (SSSR count). The number of carboxylic acids is 1. The average Bonchev–Trinajstić information content (AvgIpc) is 2.49. The molecule has 1 aromatic carbocycles. The Morgan fingerprint density at radius 1 is 1.29 bits per heavy atom. The van der Waals surface area contributed by atoms with Crippen LogP contribution in [0.1, 0.15) is 17.7 Å². The van der Waals surface area contributed by atoms with Crippen LogP contribution in [0.25, 0.3) is 0 Å². The molecule has 0 bridgehead atoms. The predicted octanol–water partition coefficient (Wildman–Crippen LogP) is 2.13. The zero-order valence-electron chi connectivity index (χ0n) is 11.5. The van der Waals surface area contributed by atoms with Crippen LogP contribution in [-0.4, -0.2) is 22.6 Å². The Morgan fingerprint density at radius 2 is 2.10 bits per heavy atom. The van der Waals surface area contributed by atoms with Crippen LogP contribution in [-0.2, 0) is 16.6 Å². The van der Waals surface area contributed by atoms with E-state index in [1.165, 1.54) is 18.2 Å². The largest absolute Gasteiger partial charge is 0.481 e. The van der Waals surface area contributed by atoms with E-state index in [9.17, 15) is 14.3 Å². The van der Waals surface area contributed by atoms with Crippen LogP contribution in [0.15, 0.2) is 48.7 Å². The molecule has 1 aromatic heterocycles. The molecule has 1 atom stereocenters. The lowest BCUT2D eigenvalue weighted by molar-refractivity contribution is -0.143. The summed E-state index contributed by atoms with van der Waals surface area (Å²) in [6.45, 7) is -0.0986. The molecule has 1 unspecified atom stereocenters. The third kappa shape index (κ3) is 3.25. The van der Waals surface area contributed by atoms with Crippen LogP contribution in [0.4, 0.5) is 4.39 Å². The quantitative estimate of drug-likeness (QED) is 0.853. The molecule has 21 heavy (non-hydrogen) atoms. The van der Waals surface area contributed by atoms with Gasteiger partial charge in [0.05, 0.1) is 0 Å². The van der Waals surface area contributed by atoms with Crippen molar-refractivity contribution in [1.29, 1.82) is 0 Å². The van der Waals surface area contributed by atoms with Gasteiger partial charge in [-0.05, 0) is 42.7 Å². The lowest BCUT2D eigenvalue weighted by Crippen LogP contribution is -2.43. The van der Waals surface area contributed by atoms with Gasteiger partial charge in [-0.1, -0.05) is 18.2 Å². The second-order valence-electron chi connectivity index (χ2n) is 4.92. The first-order valence-electron chi connectivity index (χ1n) is 6.68. The van der Waals surface area contributed by atoms with E-state index >= 15 is 0 Å². The summed E-state index contributed by atoms with van der Waals surface area (Å²) in [6.07, 6.45) is 2.38. The first kappa shape index (κ1) is 15.1. The Bertz CT molecular complexity index is 619. The van der Waals surface area contributed by atoms with Gasteiger partial charge in [0.2, 0.25) is 0 Å². The normalized spacial score (nSPS) is 13.6. The SMILES string of the molecule is NCC(CCc1ccccn1)(C(=O)O)c1cccc(F)c1. The van der Waals surface area contributed by atoms with Gasteiger partial charge < -0.3 is 10.8 Å². The Labute approximate surface area is 122 Å².